The Bertz CT molecular complexity index is 773. The molecule has 1 aromatic heterocycles. The summed E-state index contributed by atoms with van der Waals surface area (Å²) in [6, 6.07) is 2.89. The monoisotopic (exact) mass is 375 g/mol. The lowest BCUT2D eigenvalue weighted by Crippen LogP contribution is -2.31. The van der Waals surface area contributed by atoms with Gasteiger partial charge in [0.2, 0.25) is 0 Å². The van der Waals surface area contributed by atoms with E-state index in [-0.39, 0.29) is 11.5 Å². The fourth-order valence-corrected chi connectivity index (χ4v) is 3.66. The van der Waals surface area contributed by atoms with Crippen LogP contribution in [0.5, 0.6) is 11.5 Å². The number of anilines is 1. The number of hydrogen-bond donors (Lipinski definition) is 4. The number of benzene rings is 1. The van der Waals surface area contributed by atoms with E-state index < -0.39 is 0 Å². The Morgan fingerprint density at radius 1 is 1.04 bits per heavy atom. The van der Waals surface area contributed by atoms with Crippen molar-refractivity contribution in [1.82, 2.24) is 9.88 Å². The average Bonchev–Trinajstić information content (AvgIpc) is 2.91. The number of piperidine rings is 1. The van der Waals surface area contributed by atoms with E-state index in [0.717, 1.165) is 30.6 Å². The minimum atomic E-state index is -0.181. The van der Waals surface area contributed by atoms with E-state index >= 15 is 0 Å². The summed E-state index contributed by atoms with van der Waals surface area (Å²) < 4.78 is 5.41. The molecule has 0 saturated carbocycles. The number of hydrogen-bond acceptors (Lipinski definition) is 7. The molecule has 0 radical (unpaired) electrons. The SMILES string of the molecule is Nc1c2c(nc3cc(O)c(O)cc13)CCOCC2.OCCN1CCCCC1. The van der Waals surface area contributed by atoms with Crippen LogP contribution in [0.4, 0.5) is 5.69 Å². The van der Waals surface area contributed by atoms with Crippen LogP contribution in [0.3, 0.4) is 0 Å². The fourth-order valence-electron chi connectivity index (χ4n) is 3.66. The number of rotatable bonds is 2. The third-order valence-corrected chi connectivity index (χ3v) is 5.16. The van der Waals surface area contributed by atoms with Gasteiger partial charge in [0.25, 0.3) is 0 Å². The molecule has 3 heterocycles. The first kappa shape index (κ1) is 19.7. The van der Waals surface area contributed by atoms with E-state index in [0.29, 0.717) is 36.4 Å². The van der Waals surface area contributed by atoms with Crippen molar-refractivity contribution in [3.05, 3.63) is 23.4 Å². The molecule has 1 saturated heterocycles. The van der Waals surface area contributed by atoms with Crippen LogP contribution >= 0.6 is 0 Å². The summed E-state index contributed by atoms with van der Waals surface area (Å²) in [4.78, 5) is 6.83. The maximum Gasteiger partial charge on any atom is 0.159 e. The van der Waals surface area contributed by atoms with Gasteiger partial charge in [-0.2, -0.15) is 0 Å². The van der Waals surface area contributed by atoms with Gasteiger partial charge in [-0.25, -0.2) is 0 Å². The molecule has 0 aliphatic carbocycles. The van der Waals surface area contributed by atoms with E-state index in [9.17, 15) is 10.2 Å². The number of aliphatic hydroxyl groups excluding tert-OH is 1. The molecular formula is C20H29N3O4. The predicted molar refractivity (Wildman–Crippen MR) is 105 cm³/mol. The molecule has 7 nitrogen and oxygen atoms in total. The van der Waals surface area contributed by atoms with Gasteiger partial charge < -0.3 is 30.7 Å². The molecule has 4 rings (SSSR count). The lowest BCUT2D eigenvalue weighted by molar-refractivity contribution is 0.146. The van der Waals surface area contributed by atoms with E-state index in [4.69, 9.17) is 15.6 Å². The highest BCUT2D eigenvalue weighted by atomic mass is 16.5. The Morgan fingerprint density at radius 3 is 2.48 bits per heavy atom. The molecule has 27 heavy (non-hydrogen) atoms. The fraction of sp³-hybridized carbons (Fsp3) is 0.550. The van der Waals surface area contributed by atoms with E-state index in [2.05, 4.69) is 9.88 Å². The second-order valence-corrected chi connectivity index (χ2v) is 7.05. The van der Waals surface area contributed by atoms with Crippen LogP contribution < -0.4 is 5.73 Å². The number of ether oxygens (including phenoxy) is 1. The topological polar surface area (TPSA) is 112 Å². The summed E-state index contributed by atoms with van der Waals surface area (Å²) in [6.07, 6.45) is 5.46. The van der Waals surface area contributed by atoms with Crippen LogP contribution in [0, 0.1) is 0 Å². The first-order valence-electron chi connectivity index (χ1n) is 9.64. The zero-order chi connectivity index (χ0) is 19.2. The molecule has 1 fully saturated rings. The number of nitrogen functional groups attached to an aromatic ring is 1. The minimum absolute atomic E-state index is 0.180. The summed E-state index contributed by atoms with van der Waals surface area (Å²) in [5.41, 5.74) is 9.27. The molecule has 0 bridgehead atoms. The van der Waals surface area contributed by atoms with Crippen molar-refractivity contribution >= 4 is 16.6 Å². The molecule has 2 aliphatic rings. The smallest absolute Gasteiger partial charge is 0.159 e. The summed E-state index contributed by atoms with van der Waals surface area (Å²) in [7, 11) is 0. The van der Waals surface area contributed by atoms with Gasteiger partial charge in [-0.1, -0.05) is 6.42 Å². The Balaban J connectivity index is 0.000000197. The third kappa shape index (κ3) is 4.80. The second kappa shape index (κ2) is 9.21. The van der Waals surface area contributed by atoms with Gasteiger partial charge in [-0.15, -0.1) is 0 Å². The molecule has 2 aliphatic heterocycles. The quantitative estimate of drug-likeness (QED) is 0.592. The number of phenols is 2. The number of phenolic OH excluding ortho intramolecular Hbond substituents is 2. The first-order valence-corrected chi connectivity index (χ1v) is 9.64. The van der Waals surface area contributed by atoms with Crippen molar-refractivity contribution < 1.29 is 20.1 Å². The highest BCUT2D eigenvalue weighted by molar-refractivity contribution is 5.94. The number of likely N-dealkylation sites (tertiary alicyclic amines) is 1. The normalized spacial score (nSPS) is 17.7. The zero-order valence-electron chi connectivity index (χ0n) is 15.7. The highest BCUT2D eigenvalue weighted by Gasteiger charge is 2.17. The molecular weight excluding hydrogens is 346 g/mol. The summed E-state index contributed by atoms with van der Waals surface area (Å²) in [5.74, 6) is -0.361. The number of pyridine rings is 1. The number of nitrogens with two attached hydrogens (primary N) is 1. The Kier molecular flexibility index (Phi) is 6.71. The van der Waals surface area contributed by atoms with Crippen molar-refractivity contribution in [3.63, 3.8) is 0 Å². The van der Waals surface area contributed by atoms with E-state index in [1.807, 2.05) is 0 Å². The van der Waals surface area contributed by atoms with Crippen molar-refractivity contribution in [1.29, 1.82) is 0 Å². The number of aliphatic hydroxyl groups is 1. The highest BCUT2D eigenvalue weighted by Crippen LogP contribution is 2.35. The van der Waals surface area contributed by atoms with Crippen molar-refractivity contribution in [3.8, 4) is 11.5 Å². The number of β-amino-alcohol motifs (C(OH)–C–C–N with tert-alkyl or cyclic N) is 1. The molecule has 2 aromatic rings. The number of aromatic nitrogens is 1. The maximum absolute atomic E-state index is 9.54. The average molecular weight is 375 g/mol. The van der Waals surface area contributed by atoms with Gasteiger partial charge in [0.15, 0.2) is 11.5 Å². The molecule has 0 spiro atoms. The van der Waals surface area contributed by atoms with Gasteiger partial charge >= 0.3 is 0 Å². The lowest BCUT2D eigenvalue weighted by Gasteiger charge is -2.25. The minimum Gasteiger partial charge on any atom is -0.504 e. The van der Waals surface area contributed by atoms with Crippen LogP contribution in [0.2, 0.25) is 0 Å². The van der Waals surface area contributed by atoms with E-state index in [1.54, 1.807) is 0 Å². The van der Waals surface area contributed by atoms with Gasteiger partial charge in [0.1, 0.15) is 0 Å². The second-order valence-electron chi connectivity index (χ2n) is 7.05. The standard InChI is InChI=1S/C13H14N2O3.C7H15NO/c14-13-7-1-3-18-4-2-9(7)15-10-6-12(17)11(16)5-8(10)13;9-7-6-8-4-2-1-3-5-8/h5-6,16-17H,1-4H2,(H2,14,15);9H,1-7H2. The first-order chi connectivity index (χ1) is 13.1. The number of aromatic hydroxyl groups is 2. The molecule has 7 heteroatoms. The summed E-state index contributed by atoms with van der Waals surface area (Å²) >= 11 is 0. The number of nitrogens with zero attached hydrogens (tertiary/aromatic N) is 2. The maximum atomic E-state index is 9.54. The van der Waals surface area contributed by atoms with Crippen LogP contribution in [0.25, 0.3) is 10.9 Å². The van der Waals surface area contributed by atoms with Crippen LogP contribution in [-0.4, -0.2) is 64.7 Å². The molecule has 5 N–H and O–H groups in total. The Morgan fingerprint density at radius 2 is 1.74 bits per heavy atom. The van der Waals surface area contributed by atoms with Crippen LogP contribution in [0.15, 0.2) is 12.1 Å². The van der Waals surface area contributed by atoms with Gasteiger partial charge in [0, 0.05) is 35.8 Å². The van der Waals surface area contributed by atoms with Crippen LogP contribution in [-0.2, 0) is 17.6 Å². The lowest BCUT2D eigenvalue weighted by atomic mass is 10.0. The Labute approximate surface area is 159 Å². The molecule has 1 aromatic carbocycles. The van der Waals surface area contributed by atoms with Crippen molar-refractivity contribution in [2.75, 3.05) is 45.2 Å². The van der Waals surface area contributed by atoms with Gasteiger partial charge in [0.05, 0.1) is 25.3 Å². The molecule has 0 amide bonds. The molecule has 0 unspecified atom stereocenters. The van der Waals surface area contributed by atoms with Crippen LogP contribution in [0.1, 0.15) is 30.5 Å². The number of fused-ring (bicyclic) bond motifs is 2. The largest absolute Gasteiger partial charge is 0.504 e. The van der Waals surface area contributed by atoms with Crippen molar-refractivity contribution in [2.24, 2.45) is 0 Å². The Hall–Kier alpha value is -2.09. The van der Waals surface area contributed by atoms with Crippen molar-refractivity contribution in [2.45, 2.75) is 32.1 Å². The van der Waals surface area contributed by atoms with Gasteiger partial charge in [-0.3, -0.25) is 4.98 Å². The molecule has 0 atom stereocenters. The van der Waals surface area contributed by atoms with E-state index in [1.165, 1.54) is 44.5 Å². The summed E-state index contributed by atoms with van der Waals surface area (Å²) in [6.45, 7) is 4.85. The predicted octanol–water partition coefficient (Wildman–Crippen LogP) is 1.81. The van der Waals surface area contributed by atoms with Gasteiger partial charge in [-0.05, 0) is 44.0 Å². The third-order valence-electron chi connectivity index (χ3n) is 5.16. The summed E-state index contributed by atoms with van der Waals surface area (Å²) in [5, 5.41) is 28.3. The zero-order valence-corrected chi connectivity index (χ0v) is 15.7. The molecule has 148 valence electrons.